The molecule has 0 bridgehead atoms. The van der Waals surface area contributed by atoms with Crippen molar-refractivity contribution in [3.8, 4) is 0 Å². The summed E-state index contributed by atoms with van der Waals surface area (Å²) in [5.74, 6) is -0.547. The summed E-state index contributed by atoms with van der Waals surface area (Å²) >= 11 is 0. The topological polar surface area (TPSA) is 12.0 Å². The van der Waals surface area contributed by atoms with Crippen molar-refractivity contribution in [2.24, 2.45) is 0 Å². The van der Waals surface area contributed by atoms with Gasteiger partial charge in [-0.15, -0.1) is 0 Å². The van der Waals surface area contributed by atoms with Gasteiger partial charge in [0, 0.05) is 0 Å². The van der Waals surface area contributed by atoms with E-state index in [0.29, 0.717) is 6.42 Å². The lowest BCUT2D eigenvalue weighted by Crippen LogP contribution is -2.51. The van der Waals surface area contributed by atoms with Crippen LogP contribution in [0, 0.1) is 5.82 Å². The molecule has 0 fully saturated rings. The summed E-state index contributed by atoms with van der Waals surface area (Å²) in [6.45, 7) is 3.09. The zero-order valence-corrected chi connectivity index (χ0v) is 9.74. The molecule has 0 aromatic heterocycles. The largest absolute Gasteiger partial charge is 0.410 e. The molecule has 17 heavy (non-hydrogen) atoms. The molecule has 0 spiro atoms. The Balaban J connectivity index is 3.10. The lowest BCUT2D eigenvalue weighted by atomic mass is 9.91. The Bertz CT molecular complexity index is 358. The molecule has 1 atom stereocenters. The molecule has 0 saturated heterocycles. The van der Waals surface area contributed by atoms with Gasteiger partial charge in [0.15, 0.2) is 0 Å². The standard InChI is InChI=1S/C12H15F4N/c1-3-8-17-11(2,12(14,15)16)9-4-6-10(13)7-5-9/h4-7,17H,3,8H2,1-2H3. The highest BCUT2D eigenvalue weighted by atomic mass is 19.4. The van der Waals surface area contributed by atoms with Gasteiger partial charge in [0.2, 0.25) is 0 Å². The fourth-order valence-electron chi connectivity index (χ4n) is 1.52. The minimum Gasteiger partial charge on any atom is -0.300 e. The van der Waals surface area contributed by atoms with Crippen LogP contribution >= 0.6 is 0 Å². The molecule has 1 aromatic carbocycles. The highest BCUT2D eigenvalue weighted by Crippen LogP contribution is 2.38. The van der Waals surface area contributed by atoms with E-state index in [1.165, 1.54) is 0 Å². The van der Waals surface area contributed by atoms with Crippen molar-refractivity contribution in [3.05, 3.63) is 35.6 Å². The van der Waals surface area contributed by atoms with Gasteiger partial charge in [0.1, 0.15) is 11.4 Å². The molecule has 0 amide bonds. The van der Waals surface area contributed by atoms with Crippen LogP contribution in [0.5, 0.6) is 0 Å². The fraction of sp³-hybridized carbons (Fsp3) is 0.500. The van der Waals surface area contributed by atoms with Crippen molar-refractivity contribution in [1.29, 1.82) is 0 Å². The second kappa shape index (κ2) is 5.04. The van der Waals surface area contributed by atoms with E-state index < -0.39 is 17.5 Å². The Morgan fingerprint density at radius 3 is 2.06 bits per heavy atom. The van der Waals surface area contributed by atoms with Crippen LogP contribution < -0.4 is 5.32 Å². The summed E-state index contributed by atoms with van der Waals surface area (Å²) in [6.07, 6.45) is -3.84. The lowest BCUT2D eigenvalue weighted by Gasteiger charge is -2.33. The third-order valence-corrected chi connectivity index (χ3v) is 2.72. The van der Waals surface area contributed by atoms with Gasteiger partial charge in [-0.3, -0.25) is 0 Å². The minimum absolute atomic E-state index is 0.0138. The van der Waals surface area contributed by atoms with Crippen molar-refractivity contribution in [2.75, 3.05) is 6.54 Å². The molecule has 1 N–H and O–H groups in total. The van der Waals surface area contributed by atoms with Gasteiger partial charge in [-0.25, -0.2) is 4.39 Å². The van der Waals surface area contributed by atoms with E-state index >= 15 is 0 Å². The first kappa shape index (κ1) is 14.0. The van der Waals surface area contributed by atoms with Gasteiger partial charge in [-0.2, -0.15) is 13.2 Å². The van der Waals surface area contributed by atoms with Gasteiger partial charge in [-0.05, 0) is 37.6 Å². The summed E-state index contributed by atoms with van der Waals surface area (Å²) in [5.41, 5.74) is -2.13. The Hall–Kier alpha value is -1.10. The molecule has 0 heterocycles. The summed E-state index contributed by atoms with van der Waals surface area (Å²) < 4.78 is 51.9. The molecular formula is C12H15F4N. The average molecular weight is 249 g/mol. The number of hydrogen-bond donors (Lipinski definition) is 1. The molecule has 0 saturated carbocycles. The van der Waals surface area contributed by atoms with Crippen LogP contribution in [0.2, 0.25) is 0 Å². The molecule has 1 unspecified atom stereocenters. The van der Waals surface area contributed by atoms with Gasteiger partial charge in [-0.1, -0.05) is 19.1 Å². The summed E-state index contributed by atoms with van der Waals surface area (Å²) in [4.78, 5) is 0. The van der Waals surface area contributed by atoms with E-state index in [4.69, 9.17) is 0 Å². The maximum absolute atomic E-state index is 13.1. The maximum Gasteiger partial charge on any atom is 0.410 e. The second-order valence-electron chi connectivity index (χ2n) is 4.06. The lowest BCUT2D eigenvalue weighted by molar-refractivity contribution is -0.195. The normalized spacial score (nSPS) is 15.6. The summed E-state index contributed by atoms with van der Waals surface area (Å²) in [7, 11) is 0. The van der Waals surface area contributed by atoms with E-state index in [9.17, 15) is 17.6 Å². The van der Waals surface area contributed by atoms with Crippen LogP contribution in [0.1, 0.15) is 25.8 Å². The Labute approximate surface area is 97.8 Å². The second-order valence-corrected chi connectivity index (χ2v) is 4.06. The van der Waals surface area contributed by atoms with Crippen molar-refractivity contribution in [3.63, 3.8) is 0 Å². The Morgan fingerprint density at radius 2 is 1.65 bits per heavy atom. The van der Waals surface area contributed by atoms with Crippen LogP contribution in [0.25, 0.3) is 0 Å². The van der Waals surface area contributed by atoms with Crippen LogP contribution in [0.3, 0.4) is 0 Å². The SMILES string of the molecule is CCCNC(C)(c1ccc(F)cc1)C(F)(F)F. The molecule has 1 nitrogen and oxygen atoms in total. The first-order valence-electron chi connectivity index (χ1n) is 5.39. The number of alkyl halides is 3. The number of rotatable bonds is 4. The molecule has 1 aromatic rings. The van der Waals surface area contributed by atoms with Crippen LogP contribution in [-0.2, 0) is 5.54 Å². The number of hydrogen-bond acceptors (Lipinski definition) is 1. The van der Waals surface area contributed by atoms with Crippen molar-refractivity contribution in [1.82, 2.24) is 5.32 Å². The van der Waals surface area contributed by atoms with Crippen molar-refractivity contribution in [2.45, 2.75) is 32.0 Å². The van der Waals surface area contributed by atoms with Gasteiger partial charge < -0.3 is 5.32 Å². The van der Waals surface area contributed by atoms with Gasteiger partial charge in [0.25, 0.3) is 0 Å². The minimum atomic E-state index is -4.43. The predicted molar refractivity (Wildman–Crippen MR) is 58.1 cm³/mol. The van der Waals surface area contributed by atoms with Crippen LogP contribution in [0.4, 0.5) is 17.6 Å². The van der Waals surface area contributed by atoms with E-state index in [-0.39, 0.29) is 12.1 Å². The smallest absolute Gasteiger partial charge is 0.300 e. The third-order valence-electron chi connectivity index (χ3n) is 2.72. The van der Waals surface area contributed by atoms with Crippen molar-refractivity contribution < 1.29 is 17.6 Å². The van der Waals surface area contributed by atoms with Crippen molar-refractivity contribution >= 4 is 0 Å². The molecule has 0 aliphatic rings. The molecule has 0 radical (unpaired) electrons. The highest BCUT2D eigenvalue weighted by Gasteiger charge is 2.51. The number of benzene rings is 1. The average Bonchev–Trinajstić information content (AvgIpc) is 2.25. The first-order valence-corrected chi connectivity index (χ1v) is 5.39. The van der Waals surface area contributed by atoms with Crippen LogP contribution in [-0.4, -0.2) is 12.7 Å². The van der Waals surface area contributed by atoms with Crippen LogP contribution in [0.15, 0.2) is 24.3 Å². The first-order chi connectivity index (χ1) is 7.81. The molecule has 0 aliphatic heterocycles. The molecule has 96 valence electrons. The molecule has 5 heteroatoms. The monoisotopic (exact) mass is 249 g/mol. The molecule has 0 aliphatic carbocycles. The Kier molecular flexibility index (Phi) is 4.14. The maximum atomic E-state index is 13.1. The number of halogens is 4. The zero-order chi connectivity index (χ0) is 13.1. The third kappa shape index (κ3) is 2.97. The summed E-state index contributed by atoms with van der Waals surface area (Å²) in [6, 6.07) is 4.39. The quantitative estimate of drug-likeness (QED) is 0.804. The summed E-state index contributed by atoms with van der Waals surface area (Å²) in [5, 5.41) is 2.47. The Morgan fingerprint density at radius 1 is 1.12 bits per heavy atom. The zero-order valence-electron chi connectivity index (χ0n) is 9.74. The fourth-order valence-corrected chi connectivity index (χ4v) is 1.52. The highest BCUT2D eigenvalue weighted by molar-refractivity contribution is 5.26. The van der Waals surface area contributed by atoms with Gasteiger partial charge >= 0.3 is 6.18 Å². The molecule has 1 rings (SSSR count). The van der Waals surface area contributed by atoms with Gasteiger partial charge in [0.05, 0.1) is 0 Å². The predicted octanol–water partition coefficient (Wildman–Crippen LogP) is 3.60. The van der Waals surface area contributed by atoms with E-state index in [1.54, 1.807) is 6.92 Å². The van der Waals surface area contributed by atoms with E-state index in [0.717, 1.165) is 31.2 Å². The number of nitrogens with one attached hydrogen (secondary N) is 1. The van der Waals surface area contributed by atoms with E-state index in [2.05, 4.69) is 5.32 Å². The van der Waals surface area contributed by atoms with E-state index in [1.807, 2.05) is 0 Å². The molecular weight excluding hydrogens is 234 g/mol.